The topological polar surface area (TPSA) is 117 Å². The van der Waals surface area contributed by atoms with E-state index in [1.807, 2.05) is 0 Å². The van der Waals surface area contributed by atoms with Gasteiger partial charge in [-0.05, 0) is 0 Å². The third-order valence-corrected chi connectivity index (χ3v) is 3.84. The summed E-state index contributed by atoms with van der Waals surface area (Å²) in [5.41, 5.74) is 0. The summed E-state index contributed by atoms with van der Waals surface area (Å²) in [6.45, 7) is 4.67. The van der Waals surface area contributed by atoms with Gasteiger partial charge in [-0.2, -0.15) is 0 Å². The van der Waals surface area contributed by atoms with E-state index in [0.29, 0.717) is 0 Å². The molecule has 1 saturated heterocycles. The predicted octanol–water partition coefficient (Wildman–Crippen LogP) is 0.0374. The number of rotatable bonds is 5. The lowest BCUT2D eigenvalue weighted by atomic mass is 9.97. The van der Waals surface area contributed by atoms with Gasteiger partial charge >= 0.3 is 17.9 Å². The number of halogens is 1. The van der Waals surface area contributed by atoms with Crippen LogP contribution in [0, 0.1) is 0 Å². The molecule has 24 heavy (non-hydrogen) atoms. The highest BCUT2D eigenvalue weighted by atomic mass is 79.9. The lowest BCUT2D eigenvalue weighted by Gasteiger charge is -2.43. The van der Waals surface area contributed by atoms with E-state index in [4.69, 9.17) is 18.9 Å². The van der Waals surface area contributed by atoms with Gasteiger partial charge in [0.2, 0.25) is 5.91 Å². The molecule has 0 aromatic rings. The first-order chi connectivity index (χ1) is 11.1. The van der Waals surface area contributed by atoms with Crippen LogP contribution in [0.4, 0.5) is 0 Å². The second-order valence-corrected chi connectivity index (χ2v) is 6.11. The molecule has 1 N–H and O–H groups in total. The number of hydrogen-bond donors (Lipinski definition) is 1. The number of carbonyl (C=O) groups is 4. The summed E-state index contributed by atoms with van der Waals surface area (Å²) in [5, 5.41) is 1.84. The fourth-order valence-electron chi connectivity index (χ4n) is 2.28. The van der Waals surface area contributed by atoms with Gasteiger partial charge in [-0.3, -0.25) is 19.2 Å². The maximum Gasteiger partial charge on any atom is 0.303 e. The van der Waals surface area contributed by atoms with Crippen molar-refractivity contribution in [3.05, 3.63) is 0 Å². The highest BCUT2D eigenvalue weighted by Gasteiger charge is 2.49. The number of esters is 3. The Bertz CT molecular complexity index is 511. The van der Waals surface area contributed by atoms with Gasteiger partial charge in [0, 0.05) is 27.7 Å². The molecule has 1 aliphatic rings. The maximum atomic E-state index is 11.4. The van der Waals surface area contributed by atoms with Crippen LogP contribution in [0.15, 0.2) is 0 Å². The first-order valence-corrected chi connectivity index (χ1v) is 8.07. The van der Waals surface area contributed by atoms with Gasteiger partial charge < -0.3 is 24.3 Å². The number of alkyl halides is 1. The number of ether oxygens (including phenoxy) is 4. The summed E-state index contributed by atoms with van der Waals surface area (Å²) in [7, 11) is 0. The molecule has 1 heterocycles. The molecule has 0 spiro atoms. The second-order valence-electron chi connectivity index (χ2n) is 5.20. The van der Waals surface area contributed by atoms with E-state index in [9.17, 15) is 19.2 Å². The van der Waals surface area contributed by atoms with Gasteiger partial charge in [0.25, 0.3) is 0 Å². The molecule has 0 bridgehead atoms. The molecular weight excluding hydrogens is 390 g/mol. The molecule has 0 aromatic carbocycles. The Balaban J connectivity index is 3.11. The Labute approximate surface area is 147 Å². The summed E-state index contributed by atoms with van der Waals surface area (Å²) in [6.07, 6.45) is -2.96. The fraction of sp³-hybridized carbons (Fsp3) is 0.714. The van der Waals surface area contributed by atoms with E-state index in [2.05, 4.69) is 21.2 Å². The number of amides is 1. The zero-order valence-electron chi connectivity index (χ0n) is 13.7. The Morgan fingerprint density at radius 3 is 1.96 bits per heavy atom. The molecule has 1 aliphatic heterocycles. The Morgan fingerprint density at radius 2 is 1.50 bits per heavy atom. The zero-order chi connectivity index (χ0) is 18.4. The molecule has 0 aromatic heterocycles. The van der Waals surface area contributed by atoms with Crippen molar-refractivity contribution in [3.63, 3.8) is 0 Å². The minimum atomic E-state index is -1.06. The predicted molar refractivity (Wildman–Crippen MR) is 82.9 cm³/mol. The largest absolute Gasteiger partial charge is 0.463 e. The van der Waals surface area contributed by atoms with Crippen molar-refractivity contribution in [2.45, 2.75) is 57.1 Å². The maximum absolute atomic E-state index is 11.4. The van der Waals surface area contributed by atoms with E-state index >= 15 is 0 Å². The molecule has 1 unspecified atom stereocenters. The first-order valence-electron chi connectivity index (χ1n) is 7.16. The molecular formula is C14H20BrNO8. The van der Waals surface area contributed by atoms with E-state index in [0.717, 1.165) is 0 Å². The van der Waals surface area contributed by atoms with Crippen LogP contribution in [0.2, 0.25) is 0 Å². The van der Waals surface area contributed by atoms with E-state index in [-0.39, 0.29) is 12.5 Å². The summed E-state index contributed by atoms with van der Waals surface area (Å²) in [4.78, 5) is 45.3. The van der Waals surface area contributed by atoms with Crippen LogP contribution in [-0.2, 0) is 38.1 Å². The van der Waals surface area contributed by atoms with Crippen LogP contribution in [-0.4, -0.2) is 59.8 Å². The number of carbonyl (C=O) groups excluding carboxylic acids is 4. The minimum Gasteiger partial charge on any atom is -0.463 e. The third kappa shape index (κ3) is 6.08. The molecule has 1 amide bonds. The number of nitrogens with one attached hydrogen (secondary N) is 1. The van der Waals surface area contributed by atoms with Crippen molar-refractivity contribution >= 4 is 39.7 Å². The SMILES string of the molecule is CC(=O)N[C@H]1C(Br)O[C@H](COC(C)=O)[C@H](OC(C)=O)[C@@H]1OC(C)=O. The van der Waals surface area contributed by atoms with Gasteiger partial charge in [-0.15, -0.1) is 0 Å². The van der Waals surface area contributed by atoms with Gasteiger partial charge in [0.1, 0.15) is 23.8 Å². The van der Waals surface area contributed by atoms with E-state index < -0.39 is 47.3 Å². The molecule has 0 radical (unpaired) electrons. The van der Waals surface area contributed by atoms with Crippen molar-refractivity contribution in [2.75, 3.05) is 6.61 Å². The Morgan fingerprint density at radius 1 is 0.958 bits per heavy atom. The standard InChI is InChI=1S/C14H20BrNO8/c1-6(17)16-11-13(23-9(4)20)12(22-8(3)19)10(24-14(11)15)5-21-7(2)18/h10-14H,5H2,1-4H3,(H,16,17)/t10-,11-,12+,13-,14?/m1/s1. The van der Waals surface area contributed by atoms with Crippen molar-refractivity contribution in [1.82, 2.24) is 5.32 Å². The lowest BCUT2D eigenvalue weighted by molar-refractivity contribution is -0.211. The van der Waals surface area contributed by atoms with Crippen LogP contribution in [0.5, 0.6) is 0 Å². The first kappa shape index (κ1) is 20.4. The Hall–Kier alpha value is -1.68. The molecule has 1 rings (SSSR count). The molecule has 0 saturated carbocycles. The molecule has 136 valence electrons. The fourth-order valence-corrected chi connectivity index (χ4v) is 2.99. The quantitative estimate of drug-likeness (QED) is 0.384. The summed E-state index contributed by atoms with van der Waals surface area (Å²) in [6, 6.07) is -0.802. The normalized spacial score (nSPS) is 29.3. The van der Waals surface area contributed by atoms with Gasteiger partial charge in [0.15, 0.2) is 12.2 Å². The molecule has 1 fully saturated rings. The van der Waals surface area contributed by atoms with Crippen LogP contribution in [0.3, 0.4) is 0 Å². The summed E-state index contributed by atoms with van der Waals surface area (Å²) >= 11 is 3.25. The van der Waals surface area contributed by atoms with Crippen molar-refractivity contribution in [1.29, 1.82) is 0 Å². The van der Waals surface area contributed by atoms with Gasteiger partial charge in [-0.1, -0.05) is 15.9 Å². The smallest absolute Gasteiger partial charge is 0.303 e. The summed E-state index contributed by atoms with van der Waals surface area (Å²) < 4.78 is 21.0. The van der Waals surface area contributed by atoms with Crippen molar-refractivity contribution in [3.8, 4) is 0 Å². The van der Waals surface area contributed by atoms with Gasteiger partial charge in [0.05, 0.1) is 0 Å². The average molecular weight is 410 g/mol. The summed E-state index contributed by atoms with van der Waals surface area (Å²) in [5.74, 6) is -2.19. The number of hydrogen-bond acceptors (Lipinski definition) is 8. The molecule has 0 aliphatic carbocycles. The molecule has 10 heteroatoms. The van der Waals surface area contributed by atoms with Crippen LogP contribution in [0.1, 0.15) is 27.7 Å². The average Bonchev–Trinajstić information content (AvgIpc) is 2.42. The van der Waals surface area contributed by atoms with E-state index in [1.165, 1.54) is 27.7 Å². The second kappa shape index (κ2) is 8.97. The van der Waals surface area contributed by atoms with Crippen LogP contribution < -0.4 is 5.32 Å². The molecule has 9 nitrogen and oxygen atoms in total. The third-order valence-electron chi connectivity index (χ3n) is 3.06. The monoisotopic (exact) mass is 409 g/mol. The van der Waals surface area contributed by atoms with Gasteiger partial charge in [-0.25, -0.2) is 0 Å². The van der Waals surface area contributed by atoms with Crippen LogP contribution >= 0.6 is 15.9 Å². The molecule has 5 atom stereocenters. The zero-order valence-corrected chi connectivity index (χ0v) is 15.3. The van der Waals surface area contributed by atoms with Crippen molar-refractivity contribution in [2.24, 2.45) is 0 Å². The lowest BCUT2D eigenvalue weighted by Crippen LogP contribution is -2.64. The van der Waals surface area contributed by atoms with Crippen LogP contribution in [0.25, 0.3) is 0 Å². The van der Waals surface area contributed by atoms with Crippen molar-refractivity contribution < 1.29 is 38.1 Å². The Kier molecular flexibility index (Phi) is 7.61. The highest BCUT2D eigenvalue weighted by Crippen LogP contribution is 2.29. The highest BCUT2D eigenvalue weighted by molar-refractivity contribution is 9.09. The van der Waals surface area contributed by atoms with E-state index in [1.54, 1.807) is 0 Å². The minimum absolute atomic E-state index is 0.208.